The van der Waals surface area contributed by atoms with Crippen molar-refractivity contribution >= 4 is 33.2 Å². The van der Waals surface area contributed by atoms with Crippen LogP contribution in [-0.2, 0) is 16.0 Å². The van der Waals surface area contributed by atoms with Gasteiger partial charge in [0, 0.05) is 24.2 Å². The van der Waals surface area contributed by atoms with Gasteiger partial charge in [-0.25, -0.2) is 0 Å². The fourth-order valence-electron chi connectivity index (χ4n) is 4.33. The van der Waals surface area contributed by atoms with Gasteiger partial charge in [-0.2, -0.15) is 0 Å². The van der Waals surface area contributed by atoms with Crippen LogP contribution in [0.5, 0.6) is 0 Å². The van der Waals surface area contributed by atoms with Gasteiger partial charge in [-0.15, -0.1) is 11.3 Å². The number of likely N-dealkylation sites (tertiary alicyclic amines) is 1. The minimum absolute atomic E-state index is 0.0237. The molecule has 168 valence electrons. The Morgan fingerprint density at radius 2 is 1.75 bits per heavy atom. The number of nitrogens with zero attached hydrogens (tertiary/aromatic N) is 1. The molecule has 2 heterocycles. The first kappa shape index (κ1) is 22.5. The molecule has 0 bridgehead atoms. The normalized spacial score (nSPS) is 16.2. The number of hydrogen-bond donors (Lipinski definition) is 2. The zero-order valence-corrected chi connectivity index (χ0v) is 19.5. The Morgan fingerprint density at radius 3 is 2.44 bits per heavy atom. The monoisotopic (exact) mass is 449 g/mol. The standard InChI is InChI=1S/C26H31N3O2S/c1-26(2,27)25(31)28-22(16-20-17-32-23-11-7-6-10-21(20)23)24(30)29-14-12-19(13-15-29)18-8-4-3-5-9-18/h3-11,17,19,22H,12-16,27H2,1-2H3,(H,28,31). The molecular weight excluding hydrogens is 418 g/mol. The quantitative estimate of drug-likeness (QED) is 0.596. The van der Waals surface area contributed by atoms with Gasteiger partial charge in [-0.05, 0) is 60.6 Å². The number of hydrogen-bond acceptors (Lipinski definition) is 4. The molecule has 5 nitrogen and oxygen atoms in total. The van der Waals surface area contributed by atoms with Gasteiger partial charge in [0.2, 0.25) is 11.8 Å². The Balaban J connectivity index is 1.50. The largest absolute Gasteiger partial charge is 0.342 e. The van der Waals surface area contributed by atoms with Gasteiger partial charge in [0.15, 0.2) is 0 Å². The van der Waals surface area contributed by atoms with Crippen LogP contribution in [0.25, 0.3) is 10.1 Å². The Morgan fingerprint density at radius 1 is 1.09 bits per heavy atom. The van der Waals surface area contributed by atoms with E-state index in [0.29, 0.717) is 25.4 Å². The van der Waals surface area contributed by atoms with Crippen LogP contribution in [0.15, 0.2) is 60.0 Å². The number of nitrogens with one attached hydrogen (secondary N) is 1. The summed E-state index contributed by atoms with van der Waals surface area (Å²) in [5, 5.41) is 6.18. The van der Waals surface area contributed by atoms with Crippen LogP contribution in [0.4, 0.5) is 0 Å². The summed E-state index contributed by atoms with van der Waals surface area (Å²) in [6, 6.07) is 18.0. The Kier molecular flexibility index (Phi) is 6.63. The van der Waals surface area contributed by atoms with E-state index in [-0.39, 0.29) is 11.8 Å². The number of amides is 2. The van der Waals surface area contributed by atoms with E-state index in [9.17, 15) is 9.59 Å². The molecule has 1 aliphatic heterocycles. The van der Waals surface area contributed by atoms with Crippen molar-refractivity contribution in [3.63, 3.8) is 0 Å². The lowest BCUT2D eigenvalue weighted by atomic mass is 9.89. The molecule has 1 aliphatic rings. The molecule has 4 rings (SSSR count). The number of carbonyl (C=O) groups excluding carboxylic acids is 2. The first-order valence-electron chi connectivity index (χ1n) is 11.2. The van der Waals surface area contributed by atoms with Crippen molar-refractivity contribution in [1.29, 1.82) is 0 Å². The van der Waals surface area contributed by atoms with Crippen molar-refractivity contribution in [2.75, 3.05) is 13.1 Å². The zero-order chi connectivity index (χ0) is 22.7. The maximum atomic E-state index is 13.5. The highest BCUT2D eigenvalue weighted by atomic mass is 32.1. The fourth-order valence-corrected chi connectivity index (χ4v) is 5.31. The summed E-state index contributed by atoms with van der Waals surface area (Å²) >= 11 is 1.66. The molecule has 1 fully saturated rings. The lowest BCUT2D eigenvalue weighted by molar-refractivity contribution is -0.138. The third-order valence-corrected chi connectivity index (χ3v) is 7.26. The molecule has 2 aromatic carbocycles. The summed E-state index contributed by atoms with van der Waals surface area (Å²) in [5.41, 5.74) is 7.39. The third-order valence-electron chi connectivity index (χ3n) is 6.25. The lowest BCUT2D eigenvalue weighted by Crippen LogP contribution is -2.57. The van der Waals surface area contributed by atoms with E-state index < -0.39 is 11.6 Å². The first-order chi connectivity index (χ1) is 15.3. The van der Waals surface area contributed by atoms with Gasteiger partial charge in [-0.1, -0.05) is 48.5 Å². The van der Waals surface area contributed by atoms with E-state index in [1.54, 1.807) is 25.2 Å². The fraction of sp³-hybridized carbons (Fsp3) is 0.385. The molecule has 1 atom stereocenters. The van der Waals surface area contributed by atoms with Gasteiger partial charge in [0.05, 0.1) is 5.54 Å². The Hall–Kier alpha value is -2.70. The third kappa shape index (κ3) is 5.03. The summed E-state index contributed by atoms with van der Waals surface area (Å²) in [6.45, 7) is 4.72. The average Bonchev–Trinajstić information content (AvgIpc) is 3.21. The van der Waals surface area contributed by atoms with Gasteiger partial charge >= 0.3 is 0 Å². The summed E-state index contributed by atoms with van der Waals surface area (Å²) in [5.74, 6) is 0.135. The van der Waals surface area contributed by atoms with E-state index in [0.717, 1.165) is 23.8 Å². The molecular formula is C26H31N3O2S. The lowest BCUT2D eigenvalue weighted by Gasteiger charge is -2.35. The minimum Gasteiger partial charge on any atom is -0.342 e. The highest BCUT2D eigenvalue weighted by Gasteiger charge is 2.33. The molecule has 2 amide bonds. The van der Waals surface area contributed by atoms with Gasteiger partial charge < -0.3 is 16.0 Å². The number of rotatable bonds is 6. The topological polar surface area (TPSA) is 75.4 Å². The van der Waals surface area contributed by atoms with Gasteiger partial charge in [-0.3, -0.25) is 9.59 Å². The average molecular weight is 450 g/mol. The molecule has 1 saturated heterocycles. The molecule has 1 unspecified atom stereocenters. The summed E-state index contributed by atoms with van der Waals surface area (Å²) < 4.78 is 1.18. The molecule has 1 aromatic heterocycles. The van der Waals surface area contributed by atoms with Crippen molar-refractivity contribution in [2.24, 2.45) is 5.73 Å². The van der Waals surface area contributed by atoms with Crippen molar-refractivity contribution in [1.82, 2.24) is 10.2 Å². The minimum atomic E-state index is -1.05. The van der Waals surface area contributed by atoms with Crippen LogP contribution in [-0.4, -0.2) is 41.4 Å². The molecule has 3 N–H and O–H groups in total. The van der Waals surface area contributed by atoms with E-state index >= 15 is 0 Å². The molecule has 6 heteroatoms. The second-order valence-electron chi connectivity index (χ2n) is 9.22. The Labute approximate surface area is 193 Å². The molecule has 0 radical (unpaired) electrons. The number of piperidine rings is 1. The maximum absolute atomic E-state index is 13.5. The smallest absolute Gasteiger partial charge is 0.245 e. The number of thiophene rings is 1. The first-order valence-corrected chi connectivity index (χ1v) is 12.1. The molecule has 0 saturated carbocycles. The Bertz CT molecular complexity index is 1080. The zero-order valence-electron chi connectivity index (χ0n) is 18.7. The second kappa shape index (κ2) is 9.43. The molecule has 32 heavy (non-hydrogen) atoms. The van der Waals surface area contributed by atoms with Gasteiger partial charge in [0.25, 0.3) is 0 Å². The van der Waals surface area contributed by atoms with E-state index in [1.807, 2.05) is 23.1 Å². The van der Waals surface area contributed by atoms with Crippen LogP contribution in [0.2, 0.25) is 0 Å². The molecule has 0 spiro atoms. The number of nitrogens with two attached hydrogens (primary N) is 1. The maximum Gasteiger partial charge on any atom is 0.245 e. The summed E-state index contributed by atoms with van der Waals surface area (Å²) in [4.78, 5) is 28.1. The van der Waals surface area contributed by atoms with Crippen LogP contribution in [0.3, 0.4) is 0 Å². The molecule has 3 aromatic rings. The molecule has 0 aliphatic carbocycles. The van der Waals surface area contributed by atoms with E-state index in [4.69, 9.17) is 5.73 Å². The van der Waals surface area contributed by atoms with Crippen molar-refractivity contribution in [2.45, 2.75) is 50.6 Å². The van der Waals surface area contributed by atoms with Crippen molar-refractivity contribution in [3.05, 3.63) is 71.1 Å². The van der Waals surface area contributed by atoms with Crippen molar-refractivity contribution < 1.29 is 9.59 Å². The summed E-state index contributed by atoms with van der Waals surface area (Å²) in [6.07, 6.45) is 2.32. The number of carbonyl (C=O) groups is 2. The number of benzene rings is 2. The van der Waals surface area contributed by atoms with Crippen LogP contribution in [0, 0.1) is 0 Å². The highest BCUT2D eigenvalue weighted by molar-refractivity contribution is 7.17. The number of fused-ring (bicyclic) bond motifs is 1. The van der Waals surface area contributed by atoms with Gasteiger partial charge in [0.1, 0.15) is 6.04 Å². The van der Waals surface area contributed by atoms with Crippen LogP contribution < -0.4 is 11.1 Å². The SMILES string of the molecule is CC(C)(N)C(=O)NC(Cc1csc2ccccc12)C(=O)N1CCC(c2ccccc2)CC1. The predicted molar refractivity (Wildman–Crippen MR) is 131 cm³/mol. The summed E-state index contributed by atoms with van der Waals surface area (Å²) in [7, 11) is 0. The van der Waals surface area contributed by atoms with Crippen LogP contribution >= 0.6 is 11.3 Å². The second-order valence-corrected chi connectivity index (χ2v) is 10.1. The van der Waals surface area contributed by atoms with E-state index in [2.05, 4.69) is 47.1 Å². The predicted octanol–water partition coefficient (Wildman–Crippen LogP) is 4.07. The van der Waals surface area contributed by atoms with Crippen molar-refractivity contribution in [3.8, 4) is 0 Å². The van der Waals surface area contributed by atoms with Crippen LogP contribution in [0.1, 0.15) is 43.7 Å². The highest BCUT2D eigenvalue weighted by Crippen LogP contribution is 2.29. The van der Waals surface area contributed by atoms with E-state index in [1.165, 1.54) is 10.3 Å².